The molecule has 0 saturated heterocycles. The SMILES string of the molecule is CN(Cc1ccc(C(N)=O)cc1)C(=O)CC1C=CCC1. The molecule has 0 aromatic heterocycles. The van der Waals surface area contributed by atoms with E-state index in [4.69, 9.17) is 5.73 Å². The highest BCUT2D eigenvalue weighted by atomic mass is 16.2. The minimum atomic E-state index is -0.436. The summed E-state index contributed by atoms with van der Waals surface area (Å²) in [6.07, 6.45) is 7.00. The number of carbonyl (C=O) groups excluding carboxylic acids is 2. The lowest BCUT2D eigenvalue weighted by molar-refractivity contribution is -0.131. The lowest BCUT2D eigenvalue weighted by Crippen LogP contribution is -2.27. The number of carbonyl (C=O) groups is 2. The second-order valence-electron chi connectivity index (χ2n) is 5.28. The predicted molar refractivity (Wildman–Crippen MR) is 77.9 cm³/mol. The van der Waals surface area contributed by atoms with Crippen molar-refractivity contribution in [1.29, 1.82) is 0 Å². The van der Waals surface area contributed by atoms with Gasteiger partial charge >= 0.3 is 0 Å². The number of nitrogens with zero attached hydrogens (tertiary/aromatic N) is 1. The summed E-state index contributed by atoms with van der Waals surface area (Å²) < 4.78 is 0. The van der Waals surface area contributed by atoms with Crippen LogP contribution in [0.4, 0.5) is 0 Å². The maximum Gasteiger partial charge on any atom is 0.248 e. The van der Waals surface area contributed by atoms with Crippen LogP contribution in [0.25, 0.3) is 0 Å². The van der Waals surface area contributed by atoms with Gasteiger partial charge in [-0.05, 0) is 36.5 Å². The maximum absolute atomic E-state index is 12.1. The van der Waals surface area contributed by atoms with Crippen molar-refractivity contribution in [3.05, 3.63) is 47.5 Å². The van der Waals surface area contributed by atoms with Gasteiger partial charge in [0.05, 0.1) is 0 Å². The third kappa shape index (κ3) is 3.70. The quantitative estimate of drug-likeness (QED) is 0.834. The predicted octanol–water partition coefficient (Wildman–Crippen LogP) is 2.10. The first-order chi connectivity index (χ1) is 9.56. The van der Waals surface area contributed by atoms with E-state index in [2.05, 4.69) is 12.2 Å². The van der Waals surface area contributed by atoms with Gasteiger partial charge in [0.2, 0.25) is 11.8 Å². The molecule has 4 nitrogen and oxygen atoms in total. The average molecular weight is 272 g/mol. The van der Waals surface area contributed by atoms with Crippen LogP contribution in [0, 0.1) is 5.92 Å². The van der Waals surface area contributed by atoms with Gasteiger partial charge in [0.1, 0.15) is 0 Å². The highest BCUT2D eigenvalue weighted by Gasteiger charge is 2.17. The zero-order valence-electron chi connectivity index (χ0n) is 11.7. The fourth-order valence-corrected chi connectivity index (χ4v) is 2.38. The van der Waals surface area contributed by atoms with Gasteiger partial charge in [0, 0.05) is 25.6 Å². The number of amides is 2. The van der Waals surface area contributed by atoms with Crippen LogP contribution in [0.15, 0.2) is 36.4 Å². The lowest BCUT2D eigenvalue weighted by Gasteiger charge is -2.19. The number of nitrogens with two attached hydrogens (primary N) is 1. The summed E-state index contributed by atoms with van der Waals surface area (Å²) in [6, 6.07) is 7.05. The third-order valence-electron chi connectivity index (χ3n) is 3.63. The van der Waals surface area contributed by atoms with Crippen molar-refractivity contribution in [2.24, 2.45) is 11.7 Å². The van der Waals surface area contributed by atoms with Crippen molar-refractivity contribution in [1.82, 2.24) is 4.90 Å². The number of hydrogen-bond donors (Lipinski definition) is 1. The molecule has 106 valence electrons. The van der Waals surface area contributed by atoms with E-state index in [0.717, 1.165) is 18.4 Å². The summed E-state index contributed by atoms with van der Waals surface area (Å²) in [5.74, 6) is 0.108. The minimum absolute atomic E-state index is 0.153. The van der Waals surface area contributed by atoms with E-state index in [9.17, 15) is 9.59 Å². The Morgan fingerprint density at radius 1 is 1.30 bits per heavy atom. The number of benzene rings is 1. The second kappa shape index (κ2) is 6.37. The first kappa shape index (κ1) is 14.3. The van der Waals surface area contributed by atoms with Gasteiger partial charge in [-0.25, -0.2) is 0 Å². The number of hydrogen-bond acceptors (Lipinski definition) is 2. The summed E-state index contributed by atoms with van der Waals surface area (Å²) >= 11 is 0. The molecule has 0 radical (unpaired) electrons. The van der Waals surface area contributed by atoms with E-state index < -0.39 is 5.91 Å². The Bertz CT molecular complexity index is 520. The van der Waals surface area contributed by atoms with Gasteiger partial charge < -0.3 is 10.6 Å². The Morgan fingerprint density at radius 3 is 2.55 bits per heavy atom. The second-order valence-corrected chi connectivity index (χ2v) is 5.28. The van der Waals surface area contributed by atoms with E-state index in [1.54, 1.807) is 17.0 Å². The van der Waals surface area contributed by atoms with Crippen LogP contribution in [0.2, 0.25) is 0 Å². The molecule has 2 rings (SSSR count). The van der Waals surface area contributed by atoms with E-state index >= 15 is 0 Å². The Labute approximate surface area is 119 Å². The van der Waals surface area contributed by atoms with Crippen molar-refractivity contribution in [3.8, 4) is 0 Å². The van der Waals surface area contributed by atoms with Gasteiger partial charge in [-0.2, -0.15) is 0 Å². The van der Waals surface area contributed by atoms with Gasteiger partial charge in [0.15, 0.2) is 0 Å². The molecule has 1 aliphatic rings. The molecule has 1 aliphatic carbocycles. The number of primary amides is 1. The molecule has 0 bridgehead atoms. The zero-order chi connectivity index (χ0) is 14.5. The molecule has 2 amide bonds. The van der Waals surface area contributed by atoms with Crippen LogP contribution in [0.5, 0.6) is 0 Å². The van der Waals surface area contributed by atoms with E-state index in [1.165, 1.54) is 0 Å². The highest BCUT2D eigenvalue weighted by molar-refractivity contribution is 5.92. The van der Waals surface area contributed by atoms with Gasteiger partial charge in [-0.1, -0.05) is 24.3 Å². The van der Waals surface area contributed by atoms with E-state index in [0.29, 0.717) is 24.4 Å². The van der Waals surface area contributed by atoms with Crippen LogP contribution in [-0.4, -0.2) is 23.8 Å². The van der Waals surface area contributed by atoms with Crippen molar-refractivity contribution in [3.63, 3.8) is 0 Å². The van der Waals surface area contributed by atoms with Crippen LogP contribution in [-0.2, 0) is 11.3 Å². The van der Waals surface area contributed by atoms with Crippen LogP contribution < -0.4 is 5.73 Å². The highest BCUT2D eigenvalue weighted by Crippen LogP contribution is 2.21. The van der Waals surface area contributed by atoms with Crippen molar-refractivity contribution < 1.29 is 9.59 Å². The molecule has 20 heavy (non-hydrogen) atoms. The standard InChI is InChI=1S/C16H20N2O2/c1-18(15(19)10-12-4-2-3-5-12)11-13-6-8-14(9-7-13)16(17)20/h2,4,6-9,12H,3,5,10-11H2,1H3,(H2,17,20). The molecule has 0 fully saturated rings. The average Bonchev–Trinajstić information content (AvgIpc) is 2.92. The fraction of sp³-hybridized carbons (Fsp3) is 0.375. The fourth-order valence-electron chi connectivity index (χ4n) is 2.38. The first-order valence-electron chi connectivity index (χ1n) is 6.85. The van der Waals surface area contributed by atoms with Gasteiger partial charge in [0.25, 0.3) is 0 Å². The minimum Gasteiger partial charge on any atom is -0.366 e. The molecule has 4 heteroatoms. The van der Waals surface area contributed by atoms with Crippen molar-refractivity contribution in [2.45, 2.75) is 25.8 Å². The summed E-state index contributed by atoms with van der Waals surface area (Å²) in [5, 5.41) is 0. The Morgan fingerprint density at radius 2 is 2.00 bits per heavy atom. The molecule has 0 aliphatic heterocycles. The molecule has 0 saturated carbocycles. The summed E-state index contributed by atoms with van der Waals surface area (Å²) in [7, 11) is 1.81. The lowest BCUT2D eigenvalue weighted by atomic mass is 10.0. The Kier molecular flexibility index (Phi) is 4.56. The summed E-state index contributed by atoms with van der Waals surface area (Å²) in [4.78, 5) is 24.8. The van der Waals surface area contributed by atoms with E-state index in [-0.39, 0.29) is 5.91 Å². The van der Waals surface area contributed by atoms with Crippen LogP contribution in [0.1, 0.15) is 35.2 Å². The van der Waals surface area contributed by atoms with Crippen molar-refractivity contribution in [2.75, 3.05) is 7.05 Å². The molecule has 1 aromatic carbocycles. The summed E-state index contributed by atoms with van der Waals surface area (Å²) in [6.45, 7) is 0.550. The monoisotopic (exact) mass is 272 g/mol. The first-order valence-corrected chi connectivity index (χ1v) is 6.85. The molecule has 1 aromatic rings. The molecule has 2 N–H and O–H groups in total. The Balaban J connectivity index is 1.89. The topological polar surface area (TPSA) is 63.4 Å². The zero-order valence-corrected chi connectivity index (χ0v) is 11.7. The van der Waals surface area contributed by atoms with Crippen LogP contribution in [0.3, 0.4) is 0 Å². The molecule has 0 heterocycles. The van der Waals surface area contributed by atoms with E-state index in [1.807, 2.05) is 19.2 Å². The number of allylic oxidation sites excluding steroid dienone is 2. The van der Waals surface area contributed by atoms with Crippen LogP contribution >= 0.6 is 0 Å². The van der Waals surface area contributed by atoms with Gasteiger partial charge in [-0.3, -0.25) is 9.59 Å². The third-order valence-corrected chi connectivity index (χ3v) is 3.63. The molecule has 1 unspecified atom stereocenters. The molecule has 0 spiro atoms. The largest absolute Gasteiger partial charge is 0.366 e. The molecular formula is C16H20N2O2. The molecule has 1 atom stereocenters. The Hall–Kier alpha value is -2.10. The number of rotatable bonds is 5. The smallest absolute Gasteiger partial charge is 0.248 e. The maximum atomic E-state index is 12.1. The van der Waals surface area contributed by atoms with Crippen molar-refractivity contribution >= 4 is 11.8 Å². The molecular weight excluding hydrogens is 252 g/mol. The van der Waals surface area contributed by atoms with Gasteiger partial charge in [-0.15, -0.1) is 0 Å². The normalized spacial score (nSPS) is 17.1. The summed E-state index contributed by atoms with van der Waals surface area (Å²) in [5.41, 5.74) is 6.67.